The van der Waals surface area contributed by atoms with E-state index in [1.807, 2.05) is 36.4 Å². The number of ether oxygens (including phenoxy) is 1. The molecule has 1 N–H and O–H groups in total. The second kappa shape index (κ2) is 9.30. The van der Waals surface area contributed by atoms with Crippen LogP contribution in [0.15, 0.2) is 48.5 Å². The largest absolute Gasteiger partial charge is 0.445 e. The standard InChI is InChI=1S/C18H16Cl2FNO2/c19-15-10-14(11-16(20)17(15)21)8-4-5-9-22-18(23)24-12-13-6-2-1-3-7-13/h1-4,6-8,10-11H,5,9,12H2,(H,22,23). The fourth-order valence-corrected chi connectivity index (χ4v) is 2.43. The van der Waals surface area contributed by atoms with Gasteiger partial charge in [-0.05, 0) is 29.7 Å². The molecule has 0 aromatic heterocycles. The van der Waals surface area contributed by atoms with E-state index in [9.17, 15) is 9.18 Å². The smallest absolute Gasteiger partial charge is 0.407 e. The Hall–Kier alpha value is -2.04. The first kappa shape index (κ1) is 18.3. The zero-order chi connectivity index (χ0) is 17.4. The molecule has 0 saturated carbocycles. The minimum Gasteiger partial charge on any atom is -0.445 e. The Kier molecular flexibility index (Phi) is 7.09. The fourth-order valence-electron chi connectivity index (χ4n) is 1.92. The quantitative estimate of drug-likeness (QED) is 0.543. The number of benzene rings is 2. The third kappa shape index (κ3) is 5.87. The molecule has 2 aromatic rings. The molecule has 0 fully saturated rings. The number of carbonyl (C=O) groups excluding carboxylic acids is 1. The molecular weight excluding hydrogens is 352 g/mol. The van der Waals surface area contributed by atoms with Gasteiger partial charge in [0.15, 0.2) is 5.82 Å². The molecule has 0 heterocycles. The molecule has 0 aliphatic rings. The maximum absolute atomic E-state index is 13.3. The number of amides is 1. The van der Waals surface area contributed by atoms with Gasteiger partial charge in [-0.25, -0.2) is 9.18 Å². The van der Waals surface area contributed by atoms with E-state index >= 15 is 0 Å². The summed E-state index contributed by atoms with van der Waals surface area (Å²) in [7, 11) is 0. The lowest BCUT2D eigenvalue weighted by Crippen LogP contribution is -2.24. The molecule has 2 aromatic carbocycles. The third-order valence-electron chi connectivity index (χ3n) is 3.11. The molecule has 6 heteroatoms. The van der Waals surface area contributed by atoms with Crippen molar-refractivity contribution < 1.29 is 13.9 Å². The molecule has 3 nitrogen and oxygen atoms in total. The predicted octanol–water partition coefficient (Wildman–Crippen LogP) is 5.46. The highest BCUT2D eigenvalue weighted by Crippen LogP contribution is 2.25. The summed E-state index contributed by atoms with van der Waals surface area (Å²) in [6.07, 6.45) is 3.71. The van der Waals surface area contributed by atoms with Crippen molar-refractivity contribution in [3.8, 4) is 0 Å². The number of carbonyl (C=O) groups is 1. The van der Waals surface area contributed by atoms with Gasteiger partial charge < -0.3 is 10.1 Å². The highest BCUT2D eigenvalue weighted by atomic mass is 35.5. The Morgan fingerprint density at radius 2 is 1.83 bits per heavy atom. The number of hydrogen-bond acceptors (Lipinski definition) is 2. The summed E-state index contributed by atoms with van der Waals surface area (Å²) in [5, 5.41) is 2.60. The van der Waals surface area contributed by atoms with Crippen LogP contribution in [-0.2, 0) is 11.3 Å². The van der Waals surface area contributed by atoms with Crippen molar-refractivity contribution in [2.75, 3.05) is 6.54 Å². The van der Waals surface area contributed by atoms with Gasteiger partial charge in [0.2, 0.25) is 0 Å². The molecule has 1 amide bonds. The minimum atomic E-state index is -0.627. The number of rotatable bonds is 6. The van der Waals surface area contributed by atoms with Crippen molar-refractivity contribution in [1.82, 2.24) is 5.32 Å². The fraction of sp³-hybridized carbons (Fsp3) is 0.167. The summed E-state index contributed by atoms with van der Waals surface area (Å²) >= 11 is 11.4. The van der Waals surface area contributed by atoms with Gasteiger partial charge in [-0.2, -0.15) is 0 Å². The lowest BCUT2D eigenvalue weighted by atomic mass is 10.2. The van der Waals surface area contributed by atoms with Gasteiger partial charge in [0.25, 0.3) is 0 Å². The second-order valence-electron chi connectivity index (χ2n) is 4.98. The zero-order valence-electron chi connectivity index (χ0n) is 12.8. The molecule has 0 aliphatic heterocycles. The Morgan fingerprint density at radius 1 is 1.17 bits per heavy atom. The van der Waals surface area contributed by atoms with Crippen LogP contribution in [0.4, 0.5) is 9.18 Å². The van der Waals surface area contributed by atoms with Crippen LogP contribution in [0.5, 0.6) is 0 Å². The molecule has 0 bridgehead atoms. The molecule has 2 rings (SSSR count). The first-order valence-corrected chi connectivity index (χ1v) is 8.07. The van der Waals surface area contributed by atoms with Crippen LogP contribution >= 0.6 is 23.2 Å². The summed E-state index contributed by atoms with van der Waals surface area (Å²) in [6.45, 7) is 0.655. The zero-order valence-corrected chi connectivity index (χ0v) is 14.3. The average Bonchev–Trinajstić information content (AvgIpc) is 2.58. The van der Waals surface area contributed by atoms with Crippen LogP contribution in [-0.4, -0.2) is 12.6 Å². The second-order valence-corrected chi connectivity index (χ2v) is 5.79. The summed E-state index contributed by atoms with van der Waals surface area (Å²) in [5.41, 5.74) is 1.62. The average molecular weight is 368 g/mol. The highest BCUT2D eigenvalue weighted by molar-refractivity contribution is 6.35. The van der Waals surface area contributed by atoms with Crippen molar-refractivity contribution in [2.24, 2.45) is 0 Å². The number of halogens is 3. The Balaban J connectivity index is 1.69. The van der Waals surface area contributed by atoms with Gasteiger partial charge in [0.1, 0.15) is 6.61 Å². The molecular formula is C18H16Cl2FNO2. The van der Waals surface area contributed by atoms with Crippen LogP contribution in [0.25, 0.3) is 6.08 Å². The maximum Gasteiger partial charge on any atom is 0.407 e. The van der Waals surface area contributed by atoms with Crippen molar-refractivity contribution >= 4 is 35.4 Å². The Bertz CT molecular complexity index is 697. The molecule has 0 atom stereocenters. The van der Waals surface area contributed by atoms with E-state index in [1.54, 1.807) is 6.08 Å². The van der Waals surface area contributed by atoms with Gasteiger partial charge in [0.05, 0.1) is 10.0 Å². The van der Waals surface area contributed by atoms with Crippen molar-refractivity contribution in [2.45, 2.75) is 13.0 Å². The Morgan fingerprint density at radius 3 is 2.50 bits per heavy atom. The van der Waals surface area contributed by atoms with E-state index in [4.69, 9.17) is 27.9 Å². The van der Waals surface area contributed by atoms with E-state index in [1.165, 1.54) is 12.1 Å². The summed E-state index contributed by atoms with van der Waals surface area (Å²) in [4.78, 5) is 11.5. The molecule has 24 heavy (non-hydrogen) atoms. The predicted molar refractivity (Wildman–Crippen MR) is 94.7 cm³/mol. The van der Waals surface area contributed by atoms with Crippen LogP contribution in [0, 0.1) is 5.82 Å². The SMILES string of the molecule is O=C(NCCC=Cc1cc(Cl)c(F)c(Cl)c1)OCc1ccccc1. The molecule has 126 valence electrons. The van der Waals surface area contributed by atoms with Crippen molar-refractivity contribution in [3.05, 3.63) is 75.5 Å². The number of alkyl carbamates (subject to hydrolysis) is 1. The molecule has 0 unspecified atom stereocenters. The van der Waals surface area contributed by atoms with E-state index in [2.05, 4.69) is 5.32 Å². The van der Waals surface area contributed by atoms with E-state index < -0.39 is 11.9 Å². The molecule has 0 radical (unpaired) electrons. The van der Waals surface area contributed by atoms with Gasteiger partial charge in [-0.3, -0.25) is 0 Å². The van der Waals surface area contributed by atoms with Crippen molar-refractivity contribution in [3.63, 3.8) is 0 Å². The first-order chi connectivity index (χ1) is 11.6. The third-order valence-corrected chi connectivity index (χ3v) is 3.66. The molecule has 0 spiro atoms. The van der Waals surface area contributed by atoms with E-state index in [0.717, 1.165) is 5.56 Å². The first-order valence-electron chi connectivity index (χ1n) is 7.32. The number of hydrogen-bond donors (Lipinski definition) is 1. The summed E-state index contributed by atoms with van der Waals surface area (Å²) in [6, 6.07) is 12.4. The minimum absolute atomic E-state index is 0.0234. The summed E-state index contributed by atoms with van der Waals surface area (Å²) < 4.78 is 18.4. The van der Waals surface area contributed by atoms with Crippen LogP contribution in [0.1, 0.15) is 17.5 Å². The van der Waals surface area contributed by atoms with Crippen LogP contribution in [0.2, 0.25) is 10.0 Å². The number of nitrogens with one attached hydrogen (secondary N) is 1. The highest BCUT2D eigenvalue weighted by Gasteiger charge is 2.05. The van der Waals surface area contributed by atoms with Gasteiger partial charge in [0, 0.05) is 6.54 Å². The molecule has 0 saturated heterocycles. The van der Waals surface area contributed by atoms with Crippen LogP contribution < -0.4 is 5.32 Å². The van der Waals surface area contributed by atoms with E-state index in [0.29, 0.717) is 18.5 Å². The van der Waals surface area contributed by atoms with Crippen molar-refractivity contribution in [1.29, 1.82) is 0 Å². The summed E-state index contributed by atoms with van der Waals surface area (Å²) in [5.74, 6) is -0.627. The van der Waals surface area contributed by atoms with Gasteiger partial charge in [-0.15, -0.1) is 0 Å². The van der Waals surface area contributed by atoms with E-state index in [-0.39, 0.29) is 16.7 Å². The normalized spacial score (nSPS) is 10.8. The Labute approximate surface area is 150 Å². The molecule has 0 aliphatic carbocycles. The lowest BCUT2D eigenvalue weighted by molar-refractivity contribution is 0.140. The van der Waals surface area contributed by atoms with Gasteiger partial charge in [-0.1, -0.05) is 65.7 Å². The van der Waals surface area contributed by atoms with Crippen LogP contribution in [0.3, 0.4) is 0 Å². The monoisotopic (exact) mass is 367 g/mol. The van der Waals surface area contributed by atoms with Gasteiger partial charge >= 0.3 is 6.09 Å². The maximum atomic E-state index is 13.3. The topological polar surface area (TPSA) is 38.3 Å². The lowest BCUT2D eigenvalue weighted by Gasteiger charge is -2.06.